The van der Waals surface area contributed by atoms with E-state index in [1.165, 1.54) is 22.7 Å². The maximum atomic E-state index is 14.4. The molecule has 2 aliphatic rings. The maximum Gasteiger partial charge on any atom is 0.259 e. The standard InChI is InChI=1S/C19H18F2N6O2/c20-10-1-2-14-12(7-10)13-8-11(21)9-26(13)15-3-5-27-18(24-15)16(17(22)25-27)19(28)23-4-6-29-14/h1-3,5,7,11,13H,4,6,8-9H2,(H2,22,25)(H,23,28)/t11-,13+/m0/s1. The SMILES string of the molecule is Nc1nn2ccc3nc2c1C(=O)NCCOc1ccc(F)cc1[C@H]1C[C@H](F)CN31. The predicted octanol–water partition coefficient (Wildman–Crippen LogP) is 1.86. The summed E-state index contributed by atoms with van der Waals surface area (Å²) in [6.45, 7) is 0.451. The van der Waals surface area contributed by atoms with E-state index in [2.05, 4.69) is 15.4 Å². The van der Waals surface area contributed by atoms with Crippen LogP contribution >= 0.6 is 0 Å². The topological polar surface area (TPSA) is 97.8 Å². The zero-order valence-corrected chi connectivity index (χ0v) is 15.3. The van der Waals surface area contributed by atoms with E-state index in [1.54, 1.807) is 17.2 Å². The van der Waals surface area contributed by atoms with Gasteiger partial charge in [0.25, 0.3) is 5.91 Å². The second kappa shape index (κ2) is 6.57. The van der Waals surface area contributed by atoms with Crippen molar-refractivity contribution >= 4 is 23.2 Å². The van der Waals surface area contributed by atoms with Crippen LogP contribution in [0.15, 0.2) is 30.5 Å². The number of amides is 1. The highest BCUT2D eigenvalue weighted by atomic mass is 19.1. The summed E-state index contributed by atoms with van der Waals surface area (Å²) in [5.74, 6) is 0.0976. The van der Waals surface area contributed by atoms with E-state index in [1.807, 2.05) is 0 Å². The van der Waals surface area contributed by atoms with E-state index in [0.717, 1.165) is 0 Å². The molecule has 1 saturated heterocycles. The van der Waals surface area contributed by atoms with Gasteiger partial charge in [-0.05, 0) is 24.3 Å². The van der Waals surface area contributed by atoms with Crippen LogP contribution in [-0.2, 0) is 0 Å². The number of carbonyl (C=O) groups is 1. The van der Waals surface area contributed by atoms with Gasteiger partial charge in [-0.1, -0.05) is 0 Å². The normalized spacial score (nSPS) is 21.6. The number of nitrogens with zero attached hydrogens (tertiary/aromatic N) is 4. The van der Waals surface area contributed by atoms with E-state index in [0.29, 0.717) is 17.1 Å². The third-order valence-corrected chi connectivity index (χ3v) is 5.24. The third kappa shape index (κ3) is 2.91. The van der Waals surface area contributed by atoms with Gasteiger partial charge in [0.15, 0.2) is 11.5 Å². The van der Waals surface area contributed by atoms with Crippen LogP contribution in [0.25, 0.3) is 5.65 Å². The Bertz CT molecular complexity index is 1120. The van der Waals surface area contributed by atoms with Crippen molar-refractivity contribution in [3.63, 3.8) is 0 Å². The van der Waals surface area contributed by atoms with Gasteiger partial charge in [0.1, 0.15) is 35.7 Å². The number of nitrogens with one attached hydrogen (secondary N) is 1. The van der Waals surface area contributed by atoms with E-state index in [4.69, 9.17) is 10.5 Å². The Morgan fingerprint density at radius 3 is 3.03 bits per heavy atom. The Balaban J connectivity index is 1.70. The number of carbonyl (C=O) groups excluding carboxylic acids is 1. The maximum absolute atomic E-state index is 14.4. The van der Waals surface area contributed by atoms with Crippen molar-refractivity contribution in [2.24, 2.45) is 0 Å². The fourth-order valence-electron chi connectivity index (χ4n) is 3.97. The van der Waals surface area contributed by atoms with Crippen LogP contribution in [0.3, 0.4) is 0 Å². The van der Waals surface area contributed by atoms with Gasteiger partial charge < -0.3 is 20.7 Å². The fraction of sp³-hybridized carbons (Fsp3) is 0.316. The average Bonchev–Trinajstić information content (AvgIpc) is 3.23. The van der Waals surface area contributed by atoms with Gasteiger partial charge in [-0.25, -0.2) is 18.3 Å². The monoisotopic (exact) mass is 400 g/mol. The molecule has 1 aromatic carbocycles. The summed E-state index contributed by atoms with van der Waals surface area (Å²) in [4.78, 5) is 18.9. The summed E-state index contributed by atoms with van der Waals surface area (Å²) in [5, 5.41) is 6.85. The zero-order chi connectivity index (χ0) is 20.1. The summed E-state index contributed by atoms with van der Waals surface area (Å²) in [5.41, 5.74) is 6.91. The first-order chi connectivity index (χ1) is 14.0. The van der Waals surface area contributed by atoms with E-state index < -0.39 is 23.9 Å². The molecule has 2 atom stereocenters. The highest BCUT2D eigenvalue weighted by molar-refractivity contribution is 6.04. The lowest BCUT2D eigenvalue weighted by Gasteiger charge is -2.27. The Morgan fingerprint density at radius 2 is 2.17 bits per heavy atom. The molecule has 2 aliphatic heterocycles. The van der Waals surface area contributed by atoms with Crippen LogP contribution in [0.5, 0.6) is 5.75 Å². The Morgan fingerprint density at radius 1 is 1.31 bits per heavy atom. The van der Waals surface area contributed by atoms with Crippen LogP contribution in [0.2, 0.25) is 0 Å². The van der Waals surface area contributed by atoms with Gasteiger partial charge in [0.2, 0.25) is 0 Å². The number of nitrogens with two attached hydrogens (primary N) is 1. The number of hydrogen-bond donors (Lipinski definition) is 2. The lowest BCUT2D eigenvalue weighted by Crippen LogP contribution is -2.28. The van der Waals surface area contributed by atoms with Crippen molar-refractivity contribution in [1.82, 2.24) is 19.9 Å². The number of benzene rings is 1. The number of rotatable bonds is 0. The number of fused-ring (bicyclic) bond motifs is 5. The second-order valence-electron chi connectivity index (χ2n) is 7.10. The number of anilines is 2. The molecule has 2 aromatic heterocycles. The highest BCUT2D eigenvalue weighted by Crippen LogP contribution is 2.41. The first-order valence-corrected chi connectivity index (χ1v) is 9.27. The molecule has 0 aliphatic carbocycles. The van der Waals surface area contributed by atoms with Crippen molar-refractivity contribution in [1.29, 1.82) is 0 Å². The molecule has 1 amide bonds. The van der Waals surface area contributed by atoms with E-state index >= 15 is 0 Å². The van der Waals surface area contributed by atoms with Crippen LogP contribution < -0.4 is 20.7 Å². The first-order valence-electron chi connectivity index (χ1n) is 9.27. The largest absolute Gasteiger partial charge is 0.491 e. The molecule has 2 bridgehead atoms. The average molecular weight is 400 g/mol. The molecule has 150 valence electrons. The Kier molecular flexibility index (Phi) is 4.00. The molecule has 0 spiro atoms. The van der Waals surface area contributed by atoms with Gasteiger partial charge >= 0.3 is 0 Å². The summed E-state index contributed by atoms with van der Waals surface area (Å²) < 4.78 is 35.7. The number of alkyl halides is 1. The van der Waals surface area contributed by atoms with Gasteiger partial charge in [-0.3, -0.25) is 4.79 Å². The molecule has 29 heavy (non-hydrogen) atoms. The number of ether oxygens (including phenoxy) is 1. The zero-order valence-electron chi connectivity index (χ0n) is 15.3. The summed E-state index contributed by atoms with van der Waals surface area (Å²) in [6.07, 6.45) is 0.688. The van der Waals surface area contributed by atoms with Gasteiger partial charge in [-0.2, -0.15) is 0 Å². The lowest BCUT2D eigenvalue weighted by molar-refractivity contribution is 0.0949. The summed E-state index contributed by atoms with van der Waals surface area (Å²) in [7, 11) is 0. The predicted molar refractivity (Wildman–Crippen MR) is 101 cm³/mol. The van der Waals surface area contributed by atoms with Crippen molar-refractivity contribution < 1.29 is 18.3 Å². The number of nitrogen functional groups attached to an aromatic ring is 1. The van der Waals surface area contributed by atoms with Crippen molar-refractivity contribution in [3.05, 3.63) is 47.4 Å². The third-order valence-electron chi connectivity index (χ3n) is 5.24. The minimum Gasteiger partial charge on any atom is -0.491 e. The number of hydrogen-bond acceptors (Lipinski definition) is 6. The molecule has 0 unspecified atom stereocenters. The smallest absolute Gasteiger partial charge is 0.259 e. The molecule has 0 radical (unpaired) electrons. The molecule has 8 nitrogen and oxygen atoms in total. The molecule has 1 fully saturated rings. The second-order valence-corrected chi connectivity index (χ2v) is 7.10. The van der Waals surface area contributed by atoms with Crippen LogP contribution in [-0.4, -0.2) is 46.4 Å². The minimum atomic E-state index is -1.11. The molecule has 0 saturated carbocycles. The molecule has 3 aromatic rings. The molecular formula is C19H18F2N6O2. The number of halogens is 2. The quantitative estimate of drug-likeness (QED) is 0.598. The van der Waals surface area contributed by atoms with Crippen molar-refractivity contribution in [2.45, 2.75) is 18.6 Å². The van der Waals surface area contributed by atoms with Crippen LogP contribution in [0.4, 0.5) is 20.4 Å². The van der Waals surface area contributed by atoms with Crippen LogP contribution in [0.1, 0.15) is 28.4 Å². The Labute approximate surface area is 164 Å². The first kappa shape index (κ1) is 17.7. The van der Waals surface area contributed by atoms with Crippen molar-refractivity contribution in [3.8, 4) is 5.75 Å². The molecule has 3 N–H and O–H groups in total. The Hall–Kier alpha value is -3.43. The molecule has 10 heteroatoms. The van der Waals surface area contributed by atoms with Crippen LogP contribution in [0, 0.1) is 5.82 Å². The van der Waals surface area contributed by atoms with Gasteiger partial charge in [0.05, 0.1) is 19.1 Å². The summed E-state index contributed by atoms with van der Waals surface area (Å²) in [6, 6.07) is 5.40. The summed E-state index contributed by atoms with van der Waals surface area (Å²) >= 11 is 0. The molecular weight excluding hydrogens is 382 g/mol. The van der Waals surface area contributed by atoms with E-state index in [-0.39, 0.29) is 43.1 Å². The fourth-order valence-corrected chi connectivity index (χ4v) is 3.97. The molecule has 5 rings (SSSR count). The number of aromatic nitrogens is 3. The molecule has 4 heterocycles. The van der Waals surface area contributed by atoms with Gasteiger partial charge in [0, 0.05) is 18.2 Å². The van der Waals surface area contributed by atoms with Crippen molar-refractivity contribution in [2.75, 3.05) is 30.3 Å². The minimum absolute atomic E-state index is 0.0506. The highest BCUT2D eigenvalue weighted by Gasteiger charge is 2.36. The van der Waals surface area contributed by atoms with Gasteiger partial charge in [-0.15, -0.1) is 5.10 Å². The lowest BCUT2D eigenvalue weighted by atomic mass is 10.0. The van der Waals surface area contributed by atoms with E-state index in [9.17, 15) is 13.6 Å².